The van der Waals surface area contributed by atoms with Gasteiger partial charge in [-0.2, -0.15) is 0 Å². The fourth-order valence-electron chi connectivity index (χ4n) is 2.75. The summed E-state index contributed by atoms with van der Waals surface area (Å²) in [6, 6.07) is 0.511. The fourth-order valence-corrected chi connectivity index (χ4v) is 2.75. The number of methoxy groups -OCH3 is 1. The van der Waals surface area contributed by atoms with Crippen LogP contribution in [0, 0.1) is 5.92 Å². The molecule has 0 bridgehead atoms. The van der Waals surface area contributed by atoms with Crippen LogP contribution in [0.5, 0.6) is 5.75 Å². The first kappa shape index (κ1) is 12.9. The van der Waals surface area contributed by atoms with E-state index in [9.17, 15) is 0 Å². The van der Waals surface area contributed by atoms with Crippen LogP contribution in [0.3, 0.4) is 0 Å². The number of nitrogens with zero attached hydrogens (tertiary/aromatic N) is 3. The van der Waals surface area contributed by atoms with Crippen molar-refractivity contribution >= 4 is 11.6 Å². The number of nitrogen functional groups attached to an aromatic ring is 1. The van der Waals surface area contributed by atoms with Crippen LogP contribution in [0.4, 0.5) is 11.6 Å². The maximum Gasteiger partial charge on any atom is 0.204 e. The number of nitrogens with two attached hydrogens (primary N) is 1. The molecule has 1 saturated carbocycles. The van der Waals surface area contributed by atoms with Crippen molar-refractivity contribution in [2.45, 2.75) is 38.6 Å². The van der Waals surface area contributed by atoms with Crippen molar-refractivity contribution < 1.29 is 4.74 Å². The van der Waals surface area contributed by atoms with E-state index in [0.29, 0.717) is 17.6 Å². The summed E-state index contributed by atoms with van der Waals surface area (Å²) in [4.78, 5) is 10.5. The summed E-state index contributed by atoms with van der Waals surface area (Å²) in [5.41, 5.74) is 5.82. The molecule has 1 heterocycles. The molecule has 5 nitrogen and oxygen atoms in total. The zero-order chi connectivity index (χ0) is 13.1. The maximum absolute atomic E-state index is 5.82. The Morgan fingerprint density at radius 1 is 1.39 bits per heavy atom. The summed E-state index contributed by atoms with van der Waals surface area (Å²) >= 11 is 0. The van der Waals surface area contributed by atoms with Gasteiger partial charge in [-0.15, -0.1) is 0 Å². The van der Waals surface area contributed by atoms with Crippen LogP contribution >= 0.6 is 0 Å². The Bertz CT molecular complexity index is 410. The van der Waals surface area contributed by atoms with Gasteiger partial charge in [0.05, 0.1) is 7.11 Å². The van der Waals surface area contributed by atoms with E-state index < -0.39 is 0 Å². The number of ether oxygens (including phenoxy) is 1. The van der Waals surface area contributed by atoms with Crippen LogP contribution in [-0.2, 0) is 0 Å². The van der Waals surface area contributed by atoms with Crippen LogP contribution in [0.25, 0.3) is 0 Å². The average molecular weight is 250 g/mol. The summed E-state index contributed by atoms with van der Waals surface area (Å²) in [6.45, 7) is 2.31. The average Bonchev–Trinajstić information content (AvgIpc) is 2.37. The smallest absolute Gasteiger partial charge is 0.204 e. The Balaban J connectivity index is 2.22. The SMILES string of the molecule is COc1c(N)ncnc1N(C)C1CCCC(C)C1. The predicted octanol–water partition coefficient (Wildman–Crippen LogP) is 2.08. The van der Waals surface area contributed by atoms with E-state index in [1.807, 2.05) is 0 Å². The minimum absolute atomic E-state index is 0.401. The molecule has 0 amide bonds. The van der Waals surface area contributed by atoms with Gasteiger partial charge in [0.25, 0.3) is 0 Å². The Morgan fingerprint density at radius 2 is 2.17 bits per heavy atom. The highest BCUT2D eigenvalue weighted by molar-refractivity contribution is 5.62. The number of aromatic nitrogens is 2. The van der Waals surface area contributed by atoms with E-state index in [-0.39, 0.29) is 0 Å². The van der Waals surface area contributed by atoms with Crippen LogP contribution in [-0.4, -0.2) is 30.2 Å². The lowest BCUT2D eigenvalue weighted by Gasteiger charge is -2.35. The number of rotatable bonds is 3. The van der Waals surface area contributed by atoms with Crippen LogP contribution in [0.1, 0.15) is 32.6 Å². The van der Waals surface area contributed by atoms with E-state index in [4.69, 9.17) is 10.5 Å². The van der Waals surface area contributed by atoms with Gasteiger partial charge in [-0.25, -0.2) is 9.97 Å². The van der Waals surface area contributed by atoms with Crippen LogP contribution in [0.15, 0.2) is 6.33 Å². The van der Waals surface area contributed by atoms with Crippen LogP contribution < -0.4 is 15.4 Å². The molecule has 0 radical (unpaired) electrons. The summed E-state index contributed by atoms with van der Waals surface area (Å²) in [5.74, 6) is 2.55. The summed E-state index contributed by atoms with van der Waals surface area (Å²) in [6.07, 6.45) is 6.50. The first-order valence-electron chi connectivity index (χ1n) is 6.50. The van der Waals surface area contributed by atoms with Gasteiger partial charge < -0.3 is 15.4 Å². The highest BCUT2D eigenvalue weighted by Crippen LogP contribution is 2.34. The van der Waals surface area contributed by atoms with Crippen molar-refractivity contribution in [3.8, 4) is 5.75 Å². The van der Waals surface area contributed by atoms with E-state index >= 15 is 0 Å². The van der Waals surface area contributed by atoms with Crippen molar-refractivity contribution in [3.63, 3.8) is 0 Å². The topological polar surface area (TPSA) is 64.3 Å². The molecule has 2 rings (SSSR count). The fraction of sp³-hybridized carbons (Fsp3) is 0.692. The Kier molecular flexibility index (Phi) is 3.89. The normalized spacial score (nSPS) is 23.7. The van der Waals surface area contributed by atoms with Gasteiger partial charge in [-0.3, -0.25) is 0 Å². The third-order valence-electron chi connectivity index (χ3n) is 3.81. The van der Waals surface area contributed by atoms with E-state index in [0.717, 1.165) is 11.7 Å². The highest BCUT2D eigenvalue weighted by atomic mass is 16.5. The monoisotopic (exact) mass is 250 g/mol. The molecule has 1 aliphatic carbocycles. The first-order chi connectivity index (χ1) is 8.63. The maximum atomic E-state index is 5.82. The molecule has 0 aromatic carbocycles. The lowest BCUT2D eigenvalue weighted by Crippen LogP contribution is -2.36. The standard InChI is InChI=1S/C13H22N4O/c1-9-5-4-6-10(7-9)17(2)13-11(18-3)12(14)15-8-16-13/h8-10H,4-7H2,1-3H3,(H2,14,15,16). The summed E-state index contributed by atoms with van der Waals surface area (Å²) in [7, 11) is 3.67. The molecule has 1 aromatic rings. The zero-order valence-electron chi connectivity index (χ0n) is 11.4. The van der Waals surface area contributed by atoms with Gasteiger partial charge in [0, 0.05) is 13.1 Å². The third-order valence-corrected chi connectivity index (χ3v) is 3.81. The molecule has 1 fully saturated rings. The van der Waals surface area contributed by atoms with Crippen molar-refractivity contribution in [1.82, 2.24) is 9.97 Å². The molecular formula is C13H22N4O. The van der Waals surface area contributed by atoms with Gasteiger partial charge >= 0.3 is 0 Å². The molecule has 0 aliphatic heterocycles. The number of hydrogen-bond acceptors (Lipinski definition) is 5. The lowest BCUT2D eigenvalue weighted by atomic mass is 9.86. The van der Waals surface area contributed by atoms with Crippen molar-refractivity contribution in [2.24, 2.45) is 5.92 Å². The minimum atomic E-state index is 0.401. The minimum Gasteiger partial charge on any atom is -0.490 e. The van der Waals surface area contributed by atoms with Gasteiger partial charge in [0.15, 0.2) is 11.6 Å². The second-order valence-electron chi connectivity index (χ2n) is 5.15. The van der Waals surface area contributed by atoms with Crippen molar-refractivity contribution in [3.05, 3.63) is 6.33 Å². The van der Waals surface area contributed by atoms with Gasteiger partial charge in [0.1, 0.15) is 6.33 Å². The van der Waals surface area contributed by atoms with E-state index in [2.05, 4.69) is 28.8 Å². The van der Waals surface area contributed by atoms with Crippen LogP contribution in [0.2, 0.25) is 0 Å². The molecule has 0 spiro atoms. The van der Waals surface area contributed by atoms with Gasteiger partial charge in [-0.05, 0) is 18.8 Å². The van der Waals surface area contributed by atoms with Gasteiger partial charge in [0.2, 0.25) is 5.75 Å². The zero-order valence-corrected chi connectivity index (χ0v) is 11.4. The van der Waals surface area contributed by atoms with Crippen molar-refractivity contribution in [1.29, 1.82) is 0 Å². The molecule has 2 unspecified atom stereocenters. The first-order valence-corrected chi connectivity index (χ1v) is 6.50. The van der Waals surface area contributed by atoms with E-state index in [1.165, 1.54) is 32.0 Å². The largest absolute Gasteiger partial charge is 0.490 e. The Morgan fingerprint density at radius 3 is 2.83 bits per heavy atom. The van der Waals surface area contributed by atoms with Gasteiger partial charge in [-0.1, -0.05) is 19.8 Å². The molecule has 18 heavy (non-hydrogen) atoms. The molecule has 100 valence electrons. The molecular weight excluding hydrogens is 228 g/mol. The number of hydrogen-bond donors (Lipinski definition) is 1. The van der Waals surface area contributed by atoms with E-state index in [1.54, 1.807) is 7.11 Å². The molecule has 1 aromatic heterocycles. The molecule has 0 saturated heterocycles. The van der Waals surface area contributed by atoms with Crippen molar-refractivity contribution in [2.75, 3.05) is 24.8 Å². The summed E-state index contributed by atoms with van der Waals surface area (Å²) in [5, 5.41) is 0. The summed E-state index contributed by atoms with van der Waals surface area (Å²) < 4.78 is 5.32. The highest BCUT2D eigenvalue weighted by Gasteiger charge is 2.25. The molecule has 2 atom stereocenters. The quantitative estimate of drug-likeness (QED) is 0.889. The molecule has 1 aliphatic rings. The second kappa shape index (κ2) is 5.42. The Hall–Kier alpha value is -1.52. The lowest BCUT2D eigenvalue weighted by molar-refractivity contribution is 0.332. The number of anilines is 2. The third kappa shape index (κ3) is 2.49. The predicted molar refractivity (Wildman–Crippen MR) is 72.8 cm³/mol. The Labute approximate surface area is 108 Å². The molecule has 5 heteroatoms. The second-order valence-corrected chi connectivity index (χ2v) is 5.15. The molecule has 2 N–H and O–H groups in total.